The van der Waals surface area contributed by atoms with Gasteiger partial charge in [-0.25, -0.2) is 0 Å². The molecule has 19 heavy (non-hydrogen) atoms. The Kier molecular flexibility index (Phi) is 2.48. The van der Waals surface area contributed by atoms with Crippen LogP contribution in [0.4, 0.5) is 0 Å². The van der Waals surface area contributed by atoms with Gasteiger partial charge in [0.2, 0.25) is 0 Å². The van der Waals surface area contributed by atoms with Crippen molar-refractivity contribution in [3.63, 3.8) is 0 Å². The lowest BCUT2D eigenvalue weighted by molar-refractivity contribution is 0.106. The van der Waals surface area contributed by atoms with Crippen LogP contribution in [0, 0.1) is 17.3 Å². The lowest BCUT2D eigenvalue weighted by Gasteiger charge is -2.51. The third-order valence-electron chi connectivity index (χ3n) is 5.90. The van der Waals surface area contributed by atoms with E-state index in [0.29, 0.717) is 5.41 Å². The molecular weight excluding hydrogens is 228 g/mol. The van der Waals surface area contributed by atoms with Crippen LogP contribution in [-0.2, 0) is 6.42 Å². The van der Waals surface area contributed by atoms with Gasteiger partial charge in [-0.1, -0.05) is 49.4 Å². The van der Waals surface area contributed by atoms with E-state index in [0.717, 1.165) is 11.8 Å². The molecule has 3 aliphatic carbocycles. The molecule has 3 aliphatic rings. The Hall–Kier alpha value is -1.30. The number of hydrogen-bond acceptors (Lipinski definition) is 0. The summed E-state index contributed by atoms with van der Waals surface area (Å²) in [5.41, 5.74) is 5.29. The first kappa shape index (κ1) is 11.5. The Morgan fingerprint density at radius 2 is 2.00 bits per heavy atom. The van der Waals surface area contributed by atoms with Crippen LogP contribution in [0.1, 0.15) is 43.7 Å². The maximum atomic E-state index is 2.56. The quantitative estimate of drug-likeness (QED) is 0.568. The highest BCUT2D eigenvalue weighted by atomic mass is 14.5. The molecule has 0 N–H and O–H groups in total. The van der Waals surface area contributed by atoms with Crippen LogP contribution >= 0.6 is 0 Å². The fourth-order valence-corrected chi connectivity index (χ4v) is 4.70. The van der Waals surface area contributed by atoms with Crippen LogP contribution in [0.2, 0.25) is 0 Å². The lowest BCUT2D eigenvalue weighted by atomic mass is 9.54. The van der Waals surface area contributed by atoms with Crippen LogP contribution in [0.5, 0.6) is 0 Å². The second kappa shape index (κ2) is 4.10. The summed E-state index contributed by atoms with van der Waals surface area (Å²) in [6, 6.07) is 9.06. The van der Waals surface area contributed by atoms with E-state index in [4.69, 9.17) is 0 Å². The largest absolute Gasteiger partial charge is 0.0882 e. The van der Waals surface area contributed by atoms with E-state index in [1.165, 1.54) is 32.1 Å². The van der Waals surface area contributed by atoms with Crippen LogP contribution in [0.15, 0.2) is 42.5 Å². The summed E-state index contributed by atoms with van der Waals surface area (Å²) in [7, 11) is 0. The Morgan fingerprint density at radius 1 is 1.11 bits per heavy atom. The van der Waals surface area contributed by atoms with Gasteiger partial charge in [0.15, 0.2) is 0 Å². The van der Waals surface area contributed by atoms with E-state index >= 15 is 0 Å². The molecule has 98 valence electrons. The number of fused-ring (bicyclic) bond motifs is 5. The van der Waals surface area contributed by atoms with Crippen molar-refractivity contribution >= 4 is 5.57 Å². The van der Waals surface area contributed by atoms with Crippen molar-refractivity contribution < 1.29 is 0 Å². The molecule has 3 atom stereocenters. The molecule has 0 fully saturated rings. The molecule has 0 nitrogen and oxygen atoms in total. The van der Waals surface area contributed by atoms with Crippen LogP contribution in [-0.4, -0.2) is 0 Å². The number of hydrogen-bond donors (Lipinski definition) is 0. The molecule has 4 rings (SSSR count). The van der Waals surface area contributed by atoms with Gasteiger partial charge < -0.3 is 0 Å². The van der Waals surface area contributed by atoms with E-state index in [9.17, 15) is 0 Å². The van der Waals surface area contributed by atoms with Gasteiger partial charge in [-0.15, -0.1) is 0 Å². The average molecular weight is 250 g/mol. The molecule has 0 aliphatic heterocycles. The Balaban J connectivity index is 1.82. The minimum Gasteiger partial charge on any atom is -0.0882 e. The zero-order chi connectivity index (χ0) is 12.9. The molecule has 1 aromatic carbocycles. The predicted molar refractivity (Wildman–Crippen MR) is 80.8 cm³/mol. The third-order valence-corrected chi connectivity index (χ3v) is 5.90. The molecule has 0 amide bonds. The molecule has 0 heteroatoms. The van der Waals surface area contributed by atoms with Gasteiger partial charge in [0.05, 0.1) is 0 Å². The minimum atomic E-state index is 0.506. The molecule has 0 heterocycles. The first-order chi connectivity index (χ1) is 9.29. The molecular formula is C19H22. The number of aryl methyl sites for hydroxylation is 1. The standard InChI is InChI=1S/C19H22/c1-19-13-5-4-7-15(19)10-11-17-16-8-3-2-6-14(16)9-12-18(17)19/h2-6,8,11,15,18H,7,9-10,12-13H2,1H3/t15-,18?,19+/m1/s1. The topological polar surface area (TPSA) is 0 Å². The summed E-state index contributed by atoms with van der Waals surface area (Å²) < 4.78 is 0. The highest BCUT2D eigenvalue weighted by Crippen LogP contribution is 2.57. The number of benzene rings is 1. The second-order valence-electron chi connectivity index (χ2n) is 6.76. The Bertz CT molecular complexity index is 563. The monoisotopic (exact) mass is 250 g/mol. The fourth-order valence-electron chi connectivity index (χ4n) is 4.70. The van der Waals surface area contributed by atoms with Gasteiger partial charge in [-0.2, -0.15) is 0 Å². The predicted octanol–water partition coefficient (Wildman–Crippen LogP) is 5.01. The van der Waals surface area contributed by atoms with Crippen molar-refractivity contribution in [2.75, 3.05) is 0 Å². The molecule has 0 saturated carbocycles. The first-order valence-corrected chi connectivity index (χ1v) is 7.72. The van der Waals surface area contributed by atoms with Crippen molar-refractivity contribution in [1.82, 2.24) is 0 Å². The second-order valence-corrected chi connectivity index (χ2v) is 6.76. The Morgan fingerprint density at radius 3 is 2.95 bits per heavy atom. The molecule has 0 radical (unpaired) electrons. The summed E-state index contributed by atoms with van der Waals surface area (Å²) in [4.78, 5) is 0. The maximum Gasteiger partial charge on any atom is -0.00961 e. The summed E-state index contributed by atoms with van der Waals surface area (Å²) in [6.45, 7) is 2.55. The minimum absolute atomic E-state index is 0.506. The fraction of sp³-hybridized carbons (Fsp3) is 0.474. The summed E-state index contributed by atoms with van der Waals surface area (Å²) in [5, 5.41) is 0. The first-order valence-electron chi connectivity index (χ1n) is 7.72. The van der Waals surface area contributed by atoms with Crippen LogP contribution in [0.3, 0.4) is 0 Å². The van der Waals surface area contributed by atoms with Gasteiger partial charge in [-0.3, -0.25) is 0 Å². The van der Waals surface area contributed by atoms with Crippen molar-refractivity contribution in [3.8, 4) is 0 Å². The van der Waals surface area contributed by atoms with E-state index in [2.05, 4.69) is 49.4 Å². The van der Waals surface area contributed by atoms with E-state index in [1.54, 1.807) is 16.7 Å². The van der Waals surface area contributed by atoms with Gasteiger partial charge in [0.1, 0.15) is 0 Å². The van der Waals surface area contributed by atoms with Crippen molar-refractivity contribution in [3.05, 3.63) is 53.6 Å². The SMILES string of the molecule is C[C@]12CC=CC[C@@H]1CC=C1c3ccccc3CCC12. The number of rotatable bonds is 0. The molecule has 1 unspecified atom stereocenters. The molecule has 0 bridgehead atoms. The molecule has 0 saturated heterocycles. The van der Waals surface area contributed by atoms with Gasteiger partial charge >= 0.3 is 0 Å². The normalized spacial score (nSPS) is 35.9. The Labute approximate surface area is 116 Å². The van der Waals surface area contributed by atoms with E-state index in [-0.39, 0.29) is 0 Å². The molecule has 0 spiro atoms. The van der Waals surface area contributed by atoms with Gasteiger partial charge in [0.25, 0.3) is 0 Å². The zero-order valence-corrected chi connectivity index (χ0v) is 11.7. The van der Waals surface area contributed by atoms with Gasteiger partial charge in [-0.05, 0) is 66.1 Å². The average Bonchev–Trinajstić information content (AvgIpc) is 2.46. The van der Waals surface area contributed by atoms with Crippen LogP contribution < -0.4 is 0 Å². The van der Waals surface area contributed by atoms with Crippen molar-refractivity contribution in [2.24, 2.45) is 17.3 Å². The van der Waals surface area contributed by atoms with E-state index < -0.39 is 0 Å². The summed E-state index contributed by atoms with van der Waals surface area (Å²) >= 11 is 0. The van der Waals surface area contributed by atoms with Crippen molar-refractivity contribution in [1.29, 1.82) is 0 Å². The zero-order valence-electron chi connectivity index (χ0n) is 11.7. The maximum absolute atomic E-state index is 2.56. The van der Waals surface area contributed by atoms with Crippen molar-refractivity contribution in [2.45, 2.75) is 39.0 Å². The molecule has 1 aromatic rings. The highest BCUT2D eigenvalue weighted by Gasteiger charge is 2.46. The smallest absolute Gasteiger partial charge is 0.00961 e. The van der Waals surface area contributed by atoms with E-state index in [1.807, 2.05) is 0 Å². The highest BCUT2D eigenvalue weighted by molar-refractivity contribution is 5.73. The lowest BCUT2D eigenvalue weighted by Crippen LogP contribution is -2.41. The van der Waals surface area contributed by atoms with Crippen LogP contribution in [0.25, 0.3) is 5.57 Å². The summed E-state index contributed by atoms with van der Waals surface area (Å²) in [5.74, 6) is 1.66. The summed E-state index contributed by atoms with van der Waals surface area (Å²) in [6.07, 6.45) is 13.9. The number of allylic oxidation sites excluding steroid dienone is 4. The molecule has 0 aromatic heterocycles. The van der Waals surface area contributed by atoms with Gasteiger partial charge in [0, 0.05) is 0 Å². The third kappa shape index (κ3) is 1.59.